The van der Waals surface area contributed by atoms with Crippen LogP contribution in [0.4, 0.5) is 5.69 Å². The van der Waals surface area contributed by atoms with Gasteiger partial charge in [0.1, 0.15) is 0 Å². The van der Waals surface area contributed by atoms with Gasteiger partial charge in [-0.25, -0.2) is 0 Å². The number of amides is 2. The number of thioether (sulfide) groups is 1. The Kier molecular flexibility index (Phi) is 6.72. The Labute approximate surface area is 149 Å². The highest BCUT2D eigenvalue weighted by molar-refractivity contribution is 7.99. The number of rotatable bonds is 2. The van der Waals surface area contributed by atoms with E-state index in [0.717, 1.165) is 29.2 Å². The van der Waals surface area contributed by atoms with Crippen molar-refractivity contribution >= 4 is 29.3 Å². The molecule has 0 aromatic heterocycles. The Hall–Kier alpha value is -1.49. The summed E-state index contributed by atoms with van der Waals surface area (Å²) < 4.78 is 0. The van der Waals surface area contributed by atoms with Gasteiger partial charge in [0.2, 0.25) is 5.91 Å². The summed E-state index contributed by atoms with van der Waals surface area (Å²) in [6, 6.07) is 5.97. The van der Waals surface area contributed by atoms with E-state index in [1.165, 1.54) is 6.42 Å². The highest BCUT2D eigenvalue weighted by atomic mass is 32.2. The van der Waals surface area contributed by atoms with E-state index in [1.807, 2.05) is 32.0 Å². The first-order valence-electron chi connectivity index (χ1n) is 8.90. The third kappa shape index (κ3) is 4.32. The predicted octanol–water partition coefficient (Wildman–Crippen LogP) is 4.09. The molecule has 2 aliphatic rings. The average Bonchev–Trinajstić information content (AvgIpc) is 3.00. The minimum atomic E-state index is -0.0269. The van der Waals surface area contributed by atoms with Crippen molar-refractivity contribution in [2.45, 2.75) is 57.9 Å². The van der Waals surface area contributed by atoms with Gasteiger partial charge in [-0.2, -0.15) is 0 Å². The fraction of sp³-hybridized carbons (Fsp3) is 0.579. The van der Waals surface area contributed by atoms with Crippen LogP contribution in [0.3, 0.4) is 0 Å². The minimum Gasteiger partial charge on any atom is -0.349 e. The number of carbonyl (C=O) groups is 2. The lowest BCUT2D eigenvalue weighted by molar-refractivity contribution is -0.116. The summed E-state index contributed by atoms with van der Waals surface area (Å²) in [7, 11) is 0. The Balaban J connectivity index is 0.00000100. The van der Waals surface area contributed by atoms with E-state index in [9.17, 15) is 9.59 Å². The zero-order chi connectivity index (χ0) is 17.7. The maximum absolute atomic E-state index is 12.4. The quantitative estimate of drug-likeness (QED) is 0.876. The van der Waals surface area contributed by atoms with E-state index >= 15 is 0 Å². The molecule has 1 aromatic rings. The fourth-order valence-electron chi connectivity index (χ4n) is 3.29. The van der Waals surface area contributed by atoms with Crippen LogP contribution in [-0.4, -0.2) is 30.2 Å². The van der Waals surface area contributed by atoms with Crippen LogP contribution in [0.15, 0.2) is 23.1 Å². The molecule has 2 unspecified atom stereocenters. The molecule has 1 heterocycles. The van der Waals surface area contributed by atoms with Crippen molar-refractivity contribution < 1.29 is 9.59 Å². The number of benzene rings is 1. The lowest BCUT2D eigenvalue weighted by Crippen LogP contribution is -2.35. The molecule has 2 atom stereocenters. The second-order valence-corrected chi connectivity index (χ2v) is 7.43. The van der Waals surface area contributed by atoms with E-state index in [1.54, 1.807) is 23.6 Å². The van der Waals surface area contributed by atoms with E-state index in [2.05, 4.69) is 12.2 Å². The van der Waals surface area contributed by atoms with E-state index in [-0.39, 0.29) is 17.9 Å². The summed E-state index contributed by atoms with van der Waals surface area (Å²) in [5, 5.41) is 3.13. The summed E-state index contributed by atoms with van der Waals surface area (Å²) in [5.41, 5.74) is 1.52. The zero-order valence-electron chi connectivity index (χ0n) is 15.1. The SMILES string of the molecule is CC.CC(=O)N1CCSc2ccc(C(=O)NC3CCC(C)C3)cc21. The molecule has 2 amide bonds. The Morgan fingerprint density at radius 3 is 2.62 bits per heavy atom. The highest BCUT2D eigenvalue weighted by Gasteiger charge is 2.25. The van der Waals surface area contributed by atoms with Crippen molar-refractivity contribution in [2.75, 3.05) is 17.2 Å². The van der Waals surface area contributed by atoms with Gasteiger partial charge in [0.05, 0.1) is 5.69 Å². The lowest BCUT2D eigenvalue weighted by Gasteiger charge is -2.28. The summed E-state index contributed by atoms with van der Waals surface area (Å²) in [6.45, 7) is 8.51. The second kappa shape index (κ2) is 8.56. The number of nitrogens with zero attached hydrogens (tertiary/aromatic N) is 1. The molecular formula is C19H28N2O2S. The number of hydrogen-bond acceptors (Lipinski definition) is 3. The Bertz CT molecular complexity index is 603. The maximum atomic E-state index is 12.4. The molecule has 4 nitrogen and oxygen atoms in total. The molecular weight excluding hydrogens is 320 g/mol. The third-order valence-electron chi connectivity index (χ3n) is 4.49. The van der Waals surface area contributed by atoms with Gasteiger partial charge in [0.15, 0.2) is 0 Å². The second-order valence-electron chi connectivity index (χ2n) is 6.29. The van der Waals surface area contributed by atoms with Crippen molar-refractivity contribution in [3.8, 4) is 0 Å². The molecule has 1 aliphatic heterocycles. The largest absolute Gasteiger partial charge is 0.349 e. The van der Waals surface area contributed by atoms with Crippen LogP contribution in [0.2, 0.25) is 0 Å². The van der Waals surface area contributed by atoms with Crippen molar-refractivity contribution in [3.63, 3.8) is 0 Å². The molecule has 0 radical (unpaired) electrons. The van der Waals surface area contributed by atoms with E-state index in [4.69, 9.17) is 0 Å². The van der Waals surface area contributed by atoms with Crippen LogP contribution in [-0.2, 0) is 4.79 Å². The fourth-order valence-corrected chi connectivity index (χ4v) is 4.27. The number of carbonyl (C=O) groups excluding carboxylic acids is 2. The van der Waals surface area contributed by atoms with Gasteiger partial charge in [-0.15, -0.1) is 11.8 Å². The topological polar surface area (TPSA) is 49.4 Å². The summed E-state index contributed by atoms with van der Waals surface area (Å²) in [6.07, 6.45) is 3.31. The highest BCUT2D eigenvalue weighted by Crippen LogP contribution is 2.35. The average molecular weight is 349 g/mol. The molecule has 132 valence electrons. The summed E-state index contributed by atoms with van der Waals surface area (Å²) in [5.74, 6) is 1.60. The number of nitrogens with one attached hydrogen (secondary N) is 1. The molecule has 1 aliphatic carbocycles. The van der Waals surface area contributed by atoms with Crippen molar-refractivity contribution in [2.24, 2.45) is 5.92 Å². The lowest BCUT2D eigenvalue weighted by atomic mass is 10.1. The third-order valence-corrected chi connectivity index (χ3v) is 5.54. The van der Waals surface area contributed by atoms with Crippen molar-refractivity contribution in [3.05, 3.63) is 23.8 Å². The normalized spacial score (nSPS) is 22.2. The van der Waals surface area contributed by atoms with Gasteiger partial charge >= 0.3 is 0 Å². The smallest absolute Gasteiger partial charge is 0.251 e. The molecule has 24 heavy (non-hydrogen) atoms. The molecule has 3 rings (SSSR count). The Morgan fingerprint density at radius 1 is 1.25 bits per heavy atom. The predicted molar refractivity (Wildman–Crippen MR) is 101 cm³/mol. The van der Waals surface area contributed by atoms with Crippen LogP contribution >= 0.6 is 11.8 Å². The first-order chi connectivity index (χ1) is 11.5. The van der Waals surface area contributed by atoms with Gasteiger partial charge < -0.3 is 10.2 Å². The van der Waals surface area contributed by atoms with Crippen molar-refractivity contribution in [1.29, 1.82) is 0 Å². The maximum Gasteiger partial charge on any atom is 0.251 e. The molecule has 1 aromatic carbocycles. The van der Waals surface area contributed by atoms with Crippen LogP contribution in [0.25, 0.3) is 0 Å². The molecule has 0 saturated heterocycles. The standard InChI is InChI=1S/C17H22N2O2S.C2H6/c1-11-3-5-14(9-11)18-17(21)13-4-6-16-15(10-13)19(12(2)20)7-8-22-16;1-2/h4,6,10-11,14H,3,5,7-9H2,1-2H3,(H,18,21);1-2H3. The van der Waals surface area contributed by atoms with Crippen LogP contribution in [0.5, 0.6) is 0 Å². The molecule has 0 spiro atoms. The minimum absolute atomic E-state index is 0.0269. The van der Waals surface area contributed by atoms with E-state index < -0.39 is 0 Å². The zero-order valence-corrected chi connectivity index (χ0v) is 15.9. The first kappa shape index (κ1) is 18.8. The monoisotopic (exact) mass is 348 g/mol. The van der Waals surface area contributed by atoms with Gasteiger partial charge in [0.25, 0.3) is 5.91 Å². The Morgan fingerprint density at radius 2 is 2.00 bits per heavy atom. The molecule has 1 fully saturated rings. The van der Waals surface area contributed by atoms with Gasteiger partial charge in [-0.3, -0.25) is 9.59 Å². The summed E-state index contributed by atoms with van der Waals surface area (Å²) >= 11 is 1.74. The molecule has 0 bridgehead atoms. The number of fused-ring (bicyclic) bond motifs is 1. The van der Waals surface area contributed by atoms with Crippen molar-refractivity contribution in [1.82, 2.24) is 5.32 Å². The van der Waals surface area contributed by atoms with Gasteiger partial charge in [-0.1, -0.05) is 20.8 Å². The summed E-state index contributed by atoms with van der Waals surface area (Å²) in [4.78, 5) is 27.1. The van der Waals surface area contributed by atoms with Gasteiger partial charge in [0, 0.05) is 35.7 Å². The van der Waals surface area contributed by atoms with Crippen LogP contribution < -0.4 is 10.2 Å². The first-order valence-corrected chi connectivity index (χ1v) is 9.89. The number of anilines is 1. The molecule has 1 N–H and O–H groups in total. The van der Waals surface area contributed by atoms with Crippen LogP contribution in [0, 0.1) is 5.92 Å². The number of hydrogen-bond donors (Lipinski definition) is 1. The van der Waals surface area contributed by atoms with Crippen LogP contribution in [0.1, 0.15) is 57.3 Å². The van der Waals surface area contributed by atoms with Gasteiger partial charge in [-0.05, 0) is 43.4 Å². The van der Waals surface area contributed by atoms with E-state index in [0.29, 0.717) is 18.0 Å². The molecule has 5 heteroatoms. The molecule has 1 saturated carbocycles.